The molecular weight excluding hydrogens is 302 g/mol. The van der Waals surface area contributed by atoms with Gasteiger partial charge in [0, 0.05) is 12.6 Å². The second kappa shape index (κ2) is 6.24. The van der Waals surface area contributed by atoms with Crippen molar-refractivity contribution in [3.63, 3.8) is 0 Å². The van der Waals surface area contributed by atoms with Crippen LogP contribution in [0.25, 0.3) is 0 Å². The quantitative estimate of drug-likeness (QED) is 0.867. The van der Waals surface area contributed by atoms with E-state index in [4.69, 9.17) is 5.11 Å². The van der Waals surface area contributed by atoms with E-state index in [-0.39, 0.29) is 12.6 Å². The van der Waals surface area contributed by atoms with Crippen LogP contribution in [0.4, 0.5) is 17.6 Å². The van der Waals surface area contributed by atoms with Gasteiger partial charge in [-0.25, -0.2) is 4.39 Å². The molecule has 0 aliphatic carbocycles. The Labute approximate surface area is 125 Å². The minimum Gasteiger partial charge on any atom is -0.481 e. The number of benzene rings is 1. The Bertz CT molecular complexity index is 559. The van der Waals surface area contributed by atoms with Gasteiger partial charge in [-0.1, -0.05) is 6.07 Å². The van der Waals surface area contributed by atoms with Gasteiger partial charge in [-0.3, -0.25) is 9.69 Å². The molecular formula is C15H17F4NO2. The molecule has 0 amide bonds. The molecule has 22 heavy (non-hydrogen) atoms. The molecule has 2 atom stereocenters. The standard InChI is InChI=1S/C15H17F4NO2/c1-9-11(14(21)22)3-2-6-20(9)8-10-4-5-13(16)12(7-10)15(17,18)19/h4-5,7,9,11H,2-3,6,8H2,1H3,(H,21,22)/t9-,11-/m1/s1. The van der Waals surface area contributed by atoms with Crippen molar-refractivity contribution in [3.8, 4) is 0 Å². The van der Waals surface area contributed by atoms with Gasteiger partial charge >= 0.3 is 12.1 Å². The number of nitrogens with zero attached hydrogens (tertiary/aromatic N) is 1. The molecule has 1 aromatic rings. The summed E-state index contributed by atoms with van der Waals surface area (Å²) >= 11 is 0. The number of alkyl halides is 3. The van der Waals surface area contributed by atoms with E-state index in [1.807, 2.05) is 4.90 Å². The first-order valence-corrected chi connectivity index (χ1v) is 7.02. The van der Waals surface area contributed by atoms with Crippen molar-refractivity contribution >= 4 is 5.97 Å². The molecule has 1 aliphatic heterocycles. The highest BCUT2D eigenvalue weighted by Crippen LogP contribution is 2.33. The molecule has 0 radical (unpaired) electrons. The number of hydrogen-bond acceptors (Lipinski definition) is 2. The van der Waals surface area contributed by atoms with Gasteiger partial charge in [0.1, 0.15) is 5.82 Å². The Kier molecular flexibility index (Phi) is 4.75. The second-order valence-corrected chi connectivity index (χ2v) is 5.61. The van der Waals surface area contributed by atoms with E-state index in [0.717, 1.165) is 12.1 Å². The first kappa shape index (κ1) is 16.7. The summed E-state index contributed by atoms with van der Waals surface area (Å²) in [5, 5.41) is 9.15. The normalized spacial score (nSPS) is 23.5. The zero-order valence-corrected chi connectivity index (χ0v) is 12.0. The topological polar surface area (TPSA) is 40.5 Å². The number of piperidine rings is 1. The van der Waals surface area contributed by atoms with Gasteiger partial charge in [-0.15, -0.1) is 0 Å². The monoisotopic (exact) mass is 319 g/mol. The first-order valence-electron chi connectivity index (χ1n) is 7.02. The number of carboxylic acids is 1. The summed E-state index contributed by atoms with van der Waals surface area (Å²) < 4.78 is 51.4. The maximum Gasteiger partial charge on any atom is 0.419 e. The molecule has 0 aromatic heterocycles. The minimum atomic E-state index is -4.74. The lowest BCUT2D eigenvalue weighted by atomic mass is 9.90. The molecule has 122 valence electrons. The van der Waals surface area contributed by atoms with Crippen molar-refractivity contribution in [1.82, 2.24) is 4.90 Å². The van der Waals surface area contributed by atoms with Crippen molar-refractivity contribution in [2.24, 2.45) is 5.92 Å². The predicted molar refractivity (Wildman–Crippen MR) is 71.6 cm³/mol. The van der Waals surface area contributed by atoms with Gasteiger partial charge < -0.3 is 5.11 Å². The van der Waals surface area contributed by atoms with E-state index in [1.54, 1.807) is 6.92 Å². The molecule has 1 aliphatic rings. The molecule has 0 unspecified atom stereocenters. The average molecular weight is 319 g/mol. The molecule has 1 N–H and O–H groups in total. The van der Waals surface area contributed by atoms with Crippen LogP contribution in [0.1, 0.15) is 30.9 Å². The molecule has 0 spiro atoms. The molecule has 7 heteroatoms. The SMILES string of the molecule is C[C@@H]1[C@H](C(=O)O)CCCN1Cc1ccc(F)c(C(F)(F)F)c1. The molecule has 1 fully saturated rings. The average Bonchev–Trinajstić information content (AvgIpc) is 2.41. The van der Waals surface area contributed by atoms with E-state index in [0.29, 0.717) is 24.9 Å². The van der Waals surface area contributed by atoms with Crippen molar-refractivity contribution in [2.75, 3.05) is 6.54 Å². The van der Waals surface area contributed by atoms with Crippen molar-refractivity contribution in [3.05, 3.63) is 35.1 Å². The Hall–Kier alpha value is -1.63. The largest absolute Gasteiger partial charge is 0.481 e. The molecule has 1 saturated heterocycles. The van der Waals surface area contributed by atoms with Gasteiger partial charge in [-0.05, 0) is 44.0 Å². The molecule has 0 saturated carbocycles. The van der Waals surface area contributed by atoms with Crippen LogP contribution in [0.15, 0.2) is 18.2 Å². The lowest BCUT2D eigenvalue weighted by Gasteiger charge is -2.37. The third-order valence-corrected chi connectivity index (χ3v) is 4.16. The van der Waals surface area contributed by atoms with Gasteiger partial charge in [0.2, 0.25) is 0 Å². The van der Waals surface area contributed by atoms with Gasteiger partial charge in [0.15, 0.2) is 0 Å². The fourth-order valence-corrected chi connectivity index (χ4v) is 2.89. The number of rotatable bonds is 3. The van der Waals surface area contributed by atoms with Crippen LogP contribution in [0.3, 0.4) is 0 Å². The van der Waals surface area contributed by atoms with Gasteiger partial charge in [0.25, 0.3) is 0 Å². The van der Waals surface area contributed by atoms with Crippen LogP contribution in [0, 0.1) is 11.7 Å². The summed E-state index contributed by atoms with van der Waals surface area (Å²) in [6.07, 6.45) is -3.50. The summed E-state index contributed by atoms with van der Waals surface area (Å²) in [4.78, 5) is 13.0. The molecule has 0 bridgehead atoms. The summed E-state index contributed by atoms with van der Waals surface area (Å²) in [5.74, 6) is -2.73. The van der Waals surface area contributed by atoms with Crippen molar-refractivity contribution in [2.45, 2.75) is 38.5 Å². The molecule has 3 nitrogen and oxygen atoms in total. The van der Waals surface area contributed by atoms with Gasteiger partial charge in [-0.2, -0.15) is 13.2 Å². The smallest absolute Gasteiger partial charge is 0.419 e. The lowest BCUT2D eigenvalue weighted by Crippen LogP contribution is -2.45. The fourth-order valence-electron chi connectivity index (χ4n) is 2.89. The van der Waals surface area contributed by atoms with Crippen LogP contribution < -0.4 is 0 Å². The maximum absolute atomic E-state index is 13.3. The third-order valence-electron chi connectivity index (χ3n) is 4.16. The zero-order chi connectivity index (χ0) is 16.5. The Balaban J connectivity index is 2.18. The van der Waals surface area contributed by atoms with E-state index >= 15 is 0 Å². The summed E-state index contributed by atoms with van der Waals surface area (Å²) in [6.45, 7) is 2.55. The minimum absolute atomic E-state index is 0.175. The second-order valence-electron chi connectivity index (χ2n) is 5.61. The third kappa shape index (κ3) is 3.58. The van der Waals surface area contributed by atoms with Gasteiger partial charge in [0.05, 0.1) is 11.5 Å². The number of carboxylic acid groups (broad SMARTS) is 1. The number of likely N-dealkylation sites (tertiary alicyclic amines) is 1. The van der Waals surface area contributed by atoms with Crippen molar-refractivity contribution in [1.29, 1.82) is 0 Å². The van der Waals surface area contributed by atoms with E-state index < -0.39 is 29.4 Å². The maximum atomic E-state index is 13.3. The first-order chi connectivity index (χ1) is 10.2. The number of aliphatic carboxylic acids is 1. The van der Waals surface area contributed by atoms with E-state index in [1.165, 1.54) is 6.07 Å². The van der Waals surface area contributed by atoms with Crippen LogP contribution in [-0.2, 0) is 17.5 Å². The highest BCUT2D eigenvalue weighted by atomic mass is 19.4. The predicted octanol–water partition coefficient (Wildman–Crippen LogP) is 3.53. The summed E-state index contributed by atoms with van der Waals surface area (Å²) in [6, 6.07) is 2.64. The number of carbonyl (C=O) groups is 1. The summed E-state index contributed by atoms with van der Waals surface area (Å²) in [7, 11) is 0. The molecule has 1 aromatic carbocycles. The lowest BCUT2D eigenvalue weighted by molar-refractivity contribution is -0.145. The highest BCUT2D eigenvalue weighted by molar-refractivity contribution is 5.70. The van der Waals surface area contributed by atoms with Crippen LogP contribution >= 0.6 is 0 Å². The van der Waals surface area contributed by atoms with E-state index in [9.17, 15) is 22.4 Å². The van der Waals surface area contributed by atoms with E-state index in [2.05, 4.69) is 0 Å². The molecule has 1 heterocycles. The van der Waals surface area contributed by atoms with Crippen LogP contribution in [-0.4, -0.2) is 28.6 Å². The summed E-state index contributed by atoms with van der Waals surface area (Å²) in [5.41, 5.74) is -0.962. The molecule has 2 rings (SSSR count). The highest BCUT2D eigenvalue weighted by Gasteiger charge is 2.35. The Morgan fingerprint density at radius 3 is 2.68 bits per heavy atom. The van der Waals surface area contributed by atoms with Crippen molar-refractivity contribution < 1.29 is 27.5 Å². The zero-order valence-electron chi connectivity index (χ0n) is 12.0. The number of hydrogen-bond donors (Lipinski definition) is 1. The Morgan fingerprint density at radius 2 is 2.09 bits per heavy atom. The fraction of sp³-hybridized carbons (Fsp3) is 0.533. The Morgan fingerprint density at radius 1 is 1.41 bits per heavy atom. The van der Waals surface area contributed by atoms with Crippen LogP contribution in [0.2, 0.25) is 0 Å². The van der Waals surface area contributed by atoms with Crippen LogP contribution in [0.5, 0.6) is 0 Å². The number of halogens is 4.